The number of rotatable bonds is 6. The molecule has 0 spiro atoms. The Morgan fingerprint density at radius 2 is 1.82 bits per heavy atom. The average Bonchev–Trinajstić information content (AvgIpc) is 2.80. The maximum Gasteiger partial charge on any atom is 0.265 e. The van der Waals surface area contributed by atoms with Crippen LogP contribution >= 0.6 is 15.9 Å². The number of ether oxygens (including phenoxy) is 2. The van der Waals surface area contributed by atoms with Crippen LogP contribution in [0.4, 0.5) is 0 Å². The molecule has 34 heavy (non-hydrogen) atoms. The summed E-state index contributed by atoms with van der Waals surface area (Å²) in [7, 11) is 3.19. The average molecular weight is 532 g/mol. The van der Waals surface area contributed by atoms with Gasteiger partial charge in [-0.15, -0.1) is 0 Å². The van der Waals surface area contributed by atoms with Crippen molar-refractivity contribution in [2.75, 3.05) is 14.2 Å². The van der Waals surface area contributed by atoms with Crippen molar-refractivity contribution < 1.29 is 19.1 Å². The van der Waals surface area contributed by atoms with Gasteiger partial charge in [0.1, 0.15) is 23.2 Å². The molecule has 9 heteroatoms. The first-order valence-corrected chi connectivity index (χ1v) is 11.4. The van der Waals surface area contributed by atoms with E-state index in [1.54, 1.807) is 7.11 Å². The topological polar surface area (TPSA) is 99.5 Å². The Morgan fingerprint density at radius 3 is 2.35 bits per heavy atom. The summed E-state index contributed by atoms with van der Waals surface area (Å²) >= 11 is 3.34. The largest absolute Gasteiger partial charge is 0.495 e. The predicted molar refractivity (Wildman–Crippen MR) is 135 cm³/mol. The van der Waals surface area contributed by atoms with Gasteiger partial charge in [-0.05, 0) is 55.3 Å². The molecule has 0 aliphatic heterocycles. The van der Waals surface area contributed by atoms with Crippen LogP contribution in [-0.4, -0.2) is 41.6 Å². The fourth-order valence-electron chi connectivity index (χ4n) is 2.87. The van der Waals surface area contributed by atoms with Crippen LogP contribution in [0.1, 0.15) is 42.3 Å². The van der Waals surface area contributed by atoms with E-state index in [2.05, 4.69) is 26.2 Å². The van der Waals surface area contributed by atoms with Crippen molar-refractivity contribution in [2.45, 2.75) is 46.4 Å². The number of amides is 1. The Kier molecular flexibility index (Phi) is 9.52. The molecule has 0 aliphatic rings. The van der Waals surface area contributed by atoms with Crippen molar-refractivity contribution >= 4 is 39.2 Å². The zero-order valence-corrected chi connectivity index (χ0v) is 21.9. The van der Waals surface area contributed by atoms with E-state index >= 15 is 0 Å². The summed E-state index contributed by atoms with van der Waals surface area (Å²) < 4.78 is 12.1. The van der Waals surface area contributed by atoms with Crippen molar-refractivity contribution in [1.82, 2.24) is 14.9 Å². The molecule has 1 amide bonds. The van der Waals surface area contributed by atoms with Gasteiger partial charge in [-0.3, -0.25) is 14.2 Å². The smallest absolute Gasteiger partial charge is 0.265 e. The quantitative estimate of drug-likeness (QED) is 0.482. The molecule has 3 aromatic rings. The SMILES string of the molecule is COC(C)(C)C.COc1c(Br)cnc2c1cc(C(=O)NCc1ccc(C)cc1)c(=O)n2CC=O. The summed E-state index contributed by atoms with van der Waals surface area (Å²) in [6.07, 6.45) is 2.07. The number of pyridine rings is 2. The minimum absolute atomic E-state index is 0.0417. The second-order valence-corrected chi connectivity index (χ2v) is 9.36. The number of halogens is 1. The molecule has 0 saturated heterocycles. The van der Waals surface area contributed by atoms with E-state index in [4.69, 9.17) is 9.47 Å². The molecule has 1 N–H and O–H groups in total. The van der Waals surface area contributed by atoms with E-state index in [0.29, 0.717) is 21.9 Å². The predicted octanol–water partition coefficient (Wildman–Crippen LogP) is 4.04. The number of aldehydes is 1. The second kappa shape index (κ2) is 11.9. The first-order chi connectivity index (χ1) is 16.0. The first-order valence-electron chi connectivity index (χ1n) is 10.6. The molecule has 3 rings (SSSR count). The summed E-state index contributed by atoms with van der Waals surface area (Å²) in [5, 5.41) is 3.21. The highest BCUT2D eigenvalue weighted by molar-refractivity contribution is 9.10. The number of fused-ring (bicyclic) bond motifs is 1. The van der Waals surface area contributed by atoms with Gasteiger partial charge >= 0.3 is 0 Å². The van der Waals surface area contributed by atoms with Gasteiger partial charge in [-0.2, -0.15) is 0 Å². The Bertz CT molecular complexity index is 1210. The number of benzene rings is 1. The molecule has 0 atom stereocenters. The number of nitrogens with one attached hydrogen (secondary N) is 1. The molecule has 0 unspecified atom stereocenters. The third kappa shape index (κ3) is 6.98. The van der Waals surface area contributed by atoms with Crippen LogP contribution in [0.15, 0.2) is 45.8 Å². The Hall–Kier alpha value is -3.04. The van der Waals surface area contributed by atoms with Crippen LogP contribution in [0.25, 0.3) is 11.0 Å². The third-order valence-electron chi connectivity index (χ3n) is 4.91. The van der Waals surface area contributed by atoms with Gasteiger partial charge in [-0.25, -0.2) is 4.98 Å². The molecule has 0 bridgehead atoms. The summed E-state index contributed by atoms with van der Waals surface area (Å²) in [6.45, 7) is 8.10. The molecule has 182 valence electrons. The minimum atomic E-state index is -0.585. The summed E-state index contributed by atoms with van der Waals surface area (Å²) in [5.41, 5.74) is 1.67. The van der Waals surface area contributed by atoms with Crippen molar-refractivity contribution in [3.05, 3.63) is 68.0 Å². The number of methoxy groups -OCH3 is 2. The van der Waals surface area contributed by atoms with E-state index in [9.17, 15) is 14.4 Å². The van der Waals surface area contributed by atoms with Crippen LogP contribution < -0.4 is 15.6 Å². The molecular formula is C25H30BrN3O5. The van der Waals surface area contributed by atoms with Gasteiger partial charge in [0.15, 0.2) is 0 Å². The van der Waals surface area contributed by atoms with Gasteiger partial charge in [0.05, 0.1) is 29.1 Å². The molecule has 8 nitrogen and oxygen atoms in total. The van der Waals surface area contributed by atoms with E-state index in [0.717, 1.165) is 15.7 Å². The number of hydrogen-bond donors (Lipinski definition) is 1. The molecule has 0 fully saturated rings. The maximum atomic E-state index is 12.8. The van der Waals surface area contributed by atoms with Crippen LogP contribution in [0.5, 0.6) is 5.75 Å². The van der Waals surface area contributed by atoms with Crippen LogP contribution in [0, 0.1) is 6.92 Å². The van der Waals surface area contributed by atoms with Crippen LogP contribution in [0.3, 0.4) is 0 Å². The Labute approximate surface area is 207 Å². The van der Waals surface area contributed by atoms with E-state index in [1.165, 1.54) is 19.4 Å². The van der Waals surface area contributed by atoms with Gasteiger partial charge in [0, 0.05) is 19.9 Å². The van der Waals surface area contributed by atoms with Crippen molar-refractivity contribution in [2.24, 2.45) is 0 Å². The monoisotopic (exact) mass is 531 g/mol. The molecule has 2 aromatic heterocycles. The fourth-order valence-corrected chi connectivity index (χ4v) is 3.34. The van der Waals surface area contributed by atoms with Crippen LogP contribution in [0.2, 0.25) is 0 Å². The lowest BCUT2D eigenvalue weighted by molar-refractivity contribution is -0.108. The highest BCUT2D eigenvalue weighted by Crippen LogP contribution is 2.31. The summed E-state index contributed by atoms with van der Waals surface area (Å²) in [6, 6.07) is 9.15. The van der Waals surface area contributed by atoms with Gasteiger partial charge in [-0.1, -0.05) is 29.8 Å². The lowest BCUT2D eigenvalue weighted by atomic mass is 10.1. The number of carbonyl (C=O) groups excluding carboxylic acids is 2. The third-order valence-corrected chi connectivity index (χ3v) is 5.48. The van der Waals surface area contributed by atoms with Crippen molar-refractivity contribution in [3.8, 4) is 5.75 Å². The number of aromatic nitrogens is 2. The van der Waals surface area contributed by atoms with E-state index in [1.807, 2.05) is 52.0 Å². The Balaban J connectivity index is 0.000000604. The molecule has 2 heterocycles. The molecule has 1 aromatic carbocycles. The van der Waals surface area contributed by atoms with Crippen LogP contribution in [-0.2, 0) is 22.6 Å². The number of aryl methyl sites for hydroxylation is 1. The van der Waals surface area contributed by atoms with E-state index < -0.39 is 11.5 Å². The lowest BCUT2D eigenvalue weighted by Gasteiger charge is -2.14. The highest BCUT2D eigenvalue weighted by atomic mass is 79.9. The van der Waals surface area contributed by atoms with Gasteiger partial charge in [0.25, 0.3) is 11.5 Å². The first kappa shape index (κ1) is 27.2. The minimum Gasteiger partial charge on any atom is -0.495 e. The van der Waals surface area contributed by atoms with Crippen molar-refractivity contribution in [3.63, 3.8) is 0 Å². The molecule has 0 aliphatic carbocycles. The van der Waals surface area contributed by atoms with E-state index in [-0.39, 0.29) is 29.9 Å². The van der Waals surface area contributed by atoms with Gasteiger partial charge in [0.2, 0.25) is 0 Å². The lowest BCUT2D eigenvalue weighted by Crippen LogP contribution is -2.33. The summed E-state index contributed by atoms with van der Waals surface area (Å²) in [4.78, 5) is 40.8. The Morgan fingerprint density at radius 1 is 1.21 bits per heavy atom. The number of hydrogen-bond acceptors (Lipinski definition) is 6. The van der Waals surface area contributed by atoms with Crippen molar-refractivity contribution in [1.29, 1.82) is 0 Å². The van der Waals surface area contributed by atoms with Gasteiger partial charge < -0.3 is 19.6 Å². The normalized spacial score (nSPS) is 10.9. The number of carbonyl (C=O) groups is 2. The zero-order valence-electron chi connectivity index (χ0n) is 20.3. The molecule has 0 radical (unpaired) electrons. The zero-order chi connectivity index (χ0) is 25.5. The highest BCUT2D eigenvalue weighted by Gasteiger charge is 2.19. The second-order valence-electron chi connectivity index (χ2n) is 8.50. The molecular weight excluding hydrogens is 502 g/mol. The fraction of sp³-hybridized carbons (Fsp3) is 0.360. The maximum absolute atomic E-state index is 12.8. The number of nitrogens with zero attached hydrogens (tertiary/aromatic N) is 2. The standard InChI is InChI=1S/C20H18BrN3O4.C5H12O/c1-12-3-5-13(6-4-12)10-23-19(26)15-9-14-17(28-2)16(21)11-22-18(14)24(7-8-25)20(15)27;1-5(2,3)6-4/h3-6,8-9,11H,7,10H2,1-2H3,(H,23,26);1-4H3. The molecule has 0 saturated carbocycles. The summed E-state index contributed by atoms with van der Waals surface area (Å²) in [5.74, 6) is -0.105.